The summed E-state index contributed by atoms with van der Waals surface area (Å²) >= 11 is 1.15. The van der Waals surface area contributed by atoms with E-state index in [1.165, 1.54) is 0 Å². The smallest absolute Gasteiger partial charge is 0.303 e. The number of nitrogen functional groups attached to an aromatic ring is 1. The molecule has 1 saturated carbocycles. The van der Waals surface area contributed by atoms with Crippen LogP contribution in [0.5, 0.6) is 0 Å². The van der Waals surface area contributed by atoms with Crippen molar-refractivity contribution < 1.29 is 14.7 Å². The number of thiazole rings is 1. The Morgan fingerprint density at radius 2 is 2.21 bits per heavy atom. The number of hydrogen-bond donors (Lipinski definition) is 3. The summed E-state index contributed by atoms with van der Waals surface area (Å²) in [5.41, 5.74) is 5.89. The van der Waals surface area contributed by atoms with Crippen molar-refractivity contribution in [2.45, 2.75) is 32.6 Å². The quantitative estimate of drug-likeness (QED) is 0.757. The molecular weight excluding hydrogens is 266 g/mol. The van der Waals surface area contributed by atoms with Crippen LogP contribution in [0.25, 0.3) is 0 Å². The fourth-order valence-electron chi connectivity index (χ4n) is 2.39. The molecule has 0 atom stereocenters. The molecule has 1 aliphatic carbocycles. The number of nitrogens with zero attached hydrogens (tertiary/aromatic N) is 1. The van der Waals surface area contributed by atoms with Crippen LogP contribution in [0.3, 0.4) is 0 Å². The first kappa shape index (κ1) is 13.8. The summed E-state index contributed by atoms with van der Waals surface area (Å²) in [6.45, 7) is 2.13. The molecule has 1 aromatic rings. The zero-order valence-electron chi connectivity index (χ0n) is 10.7. The van der Waals surface area contributed by atoms with Crippen molar-refractivity contribution in [3.8, 4) is 0 Å². The zero-order valence-corrected chi connectivity index (χ0v) is 11.5. The molecule has 0 saturated heterocycles. The first-order valence-electron chi connectivity index (χ1n) is 6.15. The summed E-state index contributed by atoms with van der Waals surface area (Å²) in [7, 11) is 0. The van der Waals surface area contributed by atoms with Gasteiger partial charge in [-0.25, -0.2) is 4.98 Å². The number of aryl methyl sites for hydroxylation is 1. The van der Waals surface area contributed by atoms with Gasteiger partial charge in [0.15, 0.2) is 5.13 Å². The molecule has 6 nitrogen and oxygen atoms in total. The minimum Gasteiger partial charge on any atom is -0.481 e. The minimum atomic E-state index is -0.813. The fraction of sp³-hybridized carbons (Fsp3) is 0.583. The largest absolute Gasteiger partial charge is 0.481 e. The summed E-state index contributed by atoms with van der Waals surface area (Å²) in [5, 5.41) is 12.1. The second-order valence-electron chi connectivity index (χ2n) is 5.07. The van der Waals surface area contributed by atoms with Crippen LogP contribution in [-0.4, -0.2) is 28.5 Å². The summed E-state index contributed by atoms with van der Waals surface area (Å²) in [6.07, 6.45) is 2.83. The van der Waals surface area contributed by atoms with E-state index in [1.54, 1.807) is 6.92 Å². The molecule has 0 aliphatic heterocycles. The SMILES string of the molecule is Cc1nc(N)sc1C(=O)NCC1(CC(=O)O)CCC1. The number of carbonyl (C=O) groups is 2. The topological polar surface area (TPSA) is 105 Å². The van der Waals surface area contributed by atoms with Crippen LogP contribution in [0.1, 0.15) is 41.0 Å². The number of anilines is 1. The summed E-state index contributed by atoms with van der Waals surface area (Å²) in [6, 6.07) is 0. The second-order valence-corrected chi connectivity index (χ2v) is 6.10. The highest BCUT2D eigenvalue weighted by Gasteiger charge is 2.39. The molecule has 2 rings (SSSR count). The van der Waals surface area contributed by atoms with Crippen molar-refractivity contribution in [1.29, 1.82) is 0 Å². The lowest BCUT2D eigenvalue weighted by Gasteiger charge is -2.40. The van der Waals surface area contributed by atoms with Gasteiger partial charge in [-0.2, -0.15) is 0 Å². The van der Waals surface area contributed by atoms with Gasteiger partial charge in [0.25, 0.3) is 5.91 Å². The van der Waals surface area contributed by atoms with Crippen LogP contribution in [-0.2, 0) is 4.79 Å². The number of rotatable bonds is 5. The lowest BCUT2D eigenvalue weighted by molar-refractivity contribution is -0.141. The average Bonchev–Trinajstić information content (AvgIpc) is 2.60. The van der Waals surface area contributed by atoms with Crippen molar-refractivity contribution in [2.75, 3.05) is 12.3 Å². The third kappa shape index (κ3) is 3.04. The van der Waals surface area contributed by atoms with Gasteiger partial charge in [0.05, 0.1) is 12.1 Å². The summed E-state index contributed by atoms with van der Waals surface area (Å²) in [5.74, 6) is -1.03. The lowest BCUT2D eigenvalue weighted by Crippen LogP contribution is -2.43. The molecule has 1 heterocycles. The first-order valence-corrected chi connectivity index (χ1v) is 6.96. The van der Waals surface area contributed by atoms with Crippen molar-refractivity contribution in [3.63, 3.8) is 0 Å². The average molecular weight is 283 g/mol. The van der Waals surface area contributed by atoms with E-state index in [4.69, 9.17) is 10.8 Å². The maximum absolute atomic E-state index is 12.0. The number of aromatic nitrogens is 1. The number of aliphatic carboxylic acids is 1. The lowest BCUT2D eigenvalue weighted by atomic mass is 9.66. The van der Waals surface area contributed by atoms with Gasteiger partial charge in [-0.3, -0.25) is 9.59 Å². The number of hydrogen-bond acceptors (Lipinski definition) is 5. The van der Waals surface area contributed by atoms with E-state index >= 15 is 0 Å². The van der Waals surface area contributed by atoms with Crippen molar-refractivity contribution >= 4 is 28.3 Å². The van der Waals surface area contributed by atoms with Gasteiger partial charge < -0.3 is 16.2 Å². The van der Waals surface area contributed by atoms with E-state index in [9.17, 15) is 9.59 Å². The van der Waals surface area contributed by atoms with Gasteiger partial charge in [-0.1, -0.05) is 17.8 Å². The van der Waals surface area contributed by atoms with Crippen LogP contribution in [0.2, 0.25) is 0 Å². The zero-order chi connectivity index (χ0) is 14.0. The van der Waals surface area contributed by atoms with Crippen molar-refractivity contribution in [3.05, 3.63) is 10.6 Å². The highest BCUT2D eigenvalue weighted by Crippen LogP contribution is 2.43. The maximum Gasteiger partial charge on any atom is 0.303 e. The molecule has 1 aliphatic rings. The van der Waals surface area contributed by atoms with Crippen LogP contribution in [0.4, 0.5) is 5.13 Å². The van der Waals surface area contributed by atoms with Crippen LogP contribution in [0, 0.1) is 12.3 Å². The Balaban J connectivity index is 1.96. The van der Waals surface area contributed by atoms with Crippen LogP contribution < -0.4 is 11.1 Å². The fourth-order valence-corrected chi connectivity index (χ4v) is 3.14. The van der Waals surface area contributed by atoms with Crippen molar-refractivity contribution in [2.24, 2.45) is 5.41 Å². The summed E-state index contributed by atoms with van der Waals surface area (Å²) in [4.78, 5) is 27.4. The number of carbonyl (C=O) groups excluding carboxylic acids is 1. The predicted molar refractivity (Wildman–Crippen MR) is 72.1 cm³/mol. The Morgan fingerprint density at radius 1 is 1.53 bits per heavy atom. The van der Waals surface area contributed by atoms with Gasteiger partial charge in [0.2, 0.25) is 0 Å². The Bertz CT molecular complexity index is 508. The Labute approximate surface area is 115 Å². The molecular formula is C12H17N3O3S. The monoisotopic (exact) mass is 283 g/mol. The number of nitrogens with two attached hydrogens (primary N) is 1. The van der Waals surface area contributed by atoms with Crippen LogP contribution >= 0.6 is 11.3 Å². The molecule has 0 unspecified atom stereocenters. The highest BCUT2D eigenvalue weighted by atomic mass is 32.1. The molecule has 4 N–H and O–H groups in total. The third-order valence-corrected chi connectivity index (χ3v) is 4.57. The van der Waals surface area contributed by atoms with Crippen LogP contribution in [0.15, 0.2) is 0 Å². The third-order valence-electron chi connectivity index (χ3n) is 3.58. The Hall–Kier alpha value is -1.63. The number of carboxylic acids is 1. The molecule has 0 aromatic carbocycles. The Kier molecular flexibility index (Phi) is 3.75. The Morgan fingerprint density at radius 3 is 2.63 bits per heavy atom. The highest BCUT2D eigenvalue weighted by molar-refractivity contribution is 7.17. The molecule has 7 heteroatoms. The standard InChI is InChI=1S/C12H17N3O3S/c1-7-9(19-11(13)15-7)10(18)14-6-12(3-2-4-12)5-8(16)17/h2-6H2,1H3,(H2,13,15)(H,14,18)(H,16,17). The molecule has 19 heavy (non-hydrogen) atoms. The van der Waals surface area contributed by atoms with Gasteiger partial charge in [0, 0.05) is 6.54 Å². The van der Waals surface area contributed by atoms with Gasteiger partial charge >= 0.3 is 5.97 Å². The van der Waals surface area contributed by atoms with Gasteiger partial charge in [-0.15, -0.1) is 0 Å². The van der Waals surface area contributed by atoms with E-state index in [2.05, 4.69) is 10.3 Å². The molecule has 1 fully saturated rings. The van der Waals surface area contributed by atoms with E-state index in [0.717, 1.165) is 30.6 Å². The van der Waals surface area contributed by atoms with Crippen molar-refractivity contribution in [1.82, 2.24) is 10.3 Å². The van der Waals surface area contributed by atoms with Gasteiger partial charge in [-0.05, 0) is 25.2 Å². The molecule has 104 valence electrons. The van der Waals surface area contributed by atoms with Gasteiger partial charge in [0.1, 0.15) is 4.88 Å². The minimum absolute atomic E-state index is 0.108. The predicted octanol–water partition coefficient (Wildman–Crippen LogP) is 1.41. The molecule has 0 radical (unpaired) electrons. The molecule has 1 aromatic heterocycles. The summed E-state index contributed by atoms with van der Waals surface area (Å²) < 4.78 is 0. The van der Waals surface area contributed by atoms with E-state index in [0.29, 0.717) is 22.2 Å². The van der Waals surface area contributed by atoms with E-state index in [1.807, 2.05) is 0 Å². The second kappa shape index (κ2) is 5.16. The molecule has 1 amide bonds. The number of amides is 1. The maximum atomic E-state index is 12.0. The first-order chi connectivity index (χ1) is 8.92. The number of carboxylic acid groups (broad SMARTS) is 1. The normalized spacial score (nSPS) is 16.7. The number of nitrogens with one attached hydrogen (secondary N) is 1. The van der Waals surface area contributed by atoms with E-state index in [-0.39, 0.29) is 17.7 Å². The van der Waals surface area contributed by atoms with E-state index < -0.39 is 5.97 Å². The molecule has 0 spiro atoms. The molecule has 0 bridgehead atoms.